The molecule has 0 saturated heterocycles. The van der Waals surface area contributed by atoms with Gasteiger partial charge in [-0.1, -0.05) is 24.3 Å². The molecule has 0 aliphatic heterocycles. The second kappa shape index (κ2) is 8.90. The van der Waals surface area contributed by atoms with Crippen LogP contribution in [-0.2, 0) is 11.3 Å². The zero-order valence-corrected chi connectivity index (χ0v) is 13.7. The molecule has 5 nitrogen and oxygen atoms in total. The van der Waals surface area contributed by atoms with E-state index in [-0.39, 0.29) is 11.9 Å². The highest BCUT2D eigenvalue weighted by Gasteiger charge is 2.12. The summed E-state index contributed by atoms with van der Waals surface area (Å²) in [5.41, 5.74) is 2.10. The number of nitrogens with one attached hydrogen (secondary N) is 2. The van der Waals surface area contributed by atoms with Crippen molar-refractivity contribution >= 4 is 11.6 Å². The number of likely N-dealkylation sites (N-methyl/N-ethyl adjacent to an activating group) is 1. The van der Waals surface area contributed by atoms with Crippen LogP contribution in [-0.4, -0.2) is 37.1 Å². The van der Waals surface area contributed by atoms with E-state index in [1.165, 1.54) is 0 Å². The van der Waals surface area contributed by atoms with Crippen molar-refractivity contribution in [2.24, 2.45) is 0 Å². The maximum atomic E-state index is 12.2. The first-order chi connectivity index (χ1) is 11.2. The monoisotopic (exact) mass is 312 g/mol. The Morgan fingerprint density at radius 3 is 2.65 bits per heavy atom. The number of aromatic nitrogens is 1. The van der Waals surface area contributed by atoms with E-state index in [9.17, 15) is 4.79 Å². The quantitative estimate of drug-likeness (QED) is 0.780. The number of pyridine rings is 1. The fraction of sp³-hybridized carbons (Fsp3) is 0.333. The van der Waals surface area contributed by atoms with Crippen LogP contribution in [0.2, 0.25) is 0 Å². The van der Waals surface area contributed by atoms with Crippen molar-refractivity contribution in [1.82, 2.24) is 15.6 Å². The number of carbonyl (C=O) groups excluding carboxylic acids is 1. The summed E-state index contributed by atoms with van der Waals surface area (Å²) in [6, 6.07) is 14.1. The number of hydrogen-bond donors (Lipinski definition) is 2. The van der Waals surface area contributed by atoms with Crippen molar-refractivity contribution in [2.75, 3.05) is 25.0 Å². The minimum atomic E-state index is 0.0137. The first-order valence-electron chi connectivity index (χ1n) is 7.82. The van der Waals surface area contributed by atoms with Crippen LogP contribution >= 0.6 is 0 Å². The number of hydrogen-bond acceptors (Lipinski definition) is 4. The largest absolute Gasteiger partial charge is 0.358 e. The summed E-state index contributed by atoms with van der Waals surface area (Å²) in [6.07, 6.45) is 3.58. The number of amides is 1. The Kier molecular flexibility index (Phi) is 6.56. The topological polar surface area (TPSA) is 57.3 Å². The molecule has 1 aromatic carbocycles. The second-order valence-electron chi connectivity index (χ2n) is 5.55. The van der Waals surface area contributed by atoms with Crippen molar-refractivity contribution < 1.29 is 4.79 Å². The SMILES string of the molecule is CNC(C)CNC(=O)CN(Cc1cccnc1)c1ccccc1. The highest BCUT2D eigenvalue weighted by molar-refractivity contribution is 5.81. The molecule has 0 aliphatic rings. The van der Waals surface area contributed by atoms with Crippen LogP contribution < -0.4 is 15.5 Å². The molecular formula is C18H24N4O. The van der Waals surface area contributed by atoms with Crippen molar-refractivity contribution in [1.29, 1.82) is 0 Å². The number of para-hydroxylation sites is 1. The molecule has 1 aromatic heterocycles. The Hall–Kier alpha value is -2.40. The molecule has 2 aromatic rings. The van der Waals surface area contributed by atoms with Gasteiger partial charge >= 0.3 is 0 Å². The summed E-state index contributed by atoms with van der Waals surface area (Å²) >= 11 is 0. The summed E-state index contributed by atoms with van der Waals surface area (Å²) in [5.74, 6) is 0.0137. The molecule has 0 radical (unpaired) electrons. The number of anilines is 1. The van der Waals surface area contributed by atoms with Gasteiger partial charge in [-0.2, -0.15) is 0 Å². The molecule has 0 aliphatic carbocycles. The molecular weight excluding hydrogens is 288 g/mol. The molecule has 1 unspecified atom stereocenters. The highest BCUT2D eigenvalue weighted by Crippen LogP contribution is 2.16. The Morgan fingerprint density at radius 1 is 1.22 bits per heavy atom. The molecule has 0 saturated carbocycles. The summed E-state index contributed by atoms with van der Waals surface area (Å²) in [4.78, 5) is 18.4. The minimum Gasteiger partial charge on any atom is -0.358 e. The summed E-state index contributed by atoms with van der Waals surface area (Å²) in [6.45, 7) is 3.61. The Labute approximate surface area is 137 Å². The van der Waals surface area contributed by atoms with Crippen LogP contribution in [0.5, 0.6) is 0 Å². The predicted octanol–water partition coefficient (Wildman–Crippen LogP) is 1.81. The van der Waals surface area contributed by atoms with Crippen LogP contribution in [0, 0.1) is 0 Å². The highest BCUT2D eigenvalue weighted by atomic mass is 16.2. The summed E-state index contributed by atoms with van der Waals surface area (Å²) in [7, 11) is 1.88. The standard InChI is InChI=1S/C18H24N4O/c1-15(19-2)11-21-18(23)14-22(17-8-4-3-5-9-17)13-16-7-6-10-20-12-16/h3-10,12,15,19H,11,13-14H2,1-2H3,(H,21,23). The number of carbonyl (C=O) groups is 1. The van der Waals surface area contributed by atoms with Crippen molar-refractivity contribution in [3.8, 4) is 0 Å². The van der Waals surface area contributed by atoms with E-state index < -0.39 is 0 Å². The van der Waals surface area contributed by atoms with Crippen molar-refractivity contribution in [3.05, 3.63) is 60.4 Å². The van der Waals surface area contributed by atoms with Crippen LogP contribution in [0.25, 0.3) is 0 Å². The number of rotatable bonds is 8. The van der Waals surface area contributed by atoms with Crippen LogP contribution in [0.3, 0.4) is 0 Å². The van der Waals surface area contributed by atoms with Crippen molar-refractivity contribution in [2.45, 2.75) is 19.5 Å². The molecule has 1 amide bonds. The molecule has 5 heteroatoms. The average molecular weight is 312 g/mol. The molecule has 23 heavy (non-hydrogen) atoms. The first-order valence-corrected chi connectivity index (χ1v) is 7.82. The van der Waals surface area contributed by atoms with Crippen LogP contribution in [0.1, 0.15) is 12.5 Å². The van der Waals surface area contributed by atoms with Gasteiger partial charge in [0.1, 0.15) is 0 Å². The van der Waals surface area contributed by atoms with Crippen LogP contribution in [0.4, 0.5) is 5.69 Å². The van der Waals surface area contributed by atoms with E-state index >= 15 is 0 Å². The fourth-order valence-corrected chi connectivity index (χ4v) is 2.19. The van der Waals surface area contributed by atoms with Gasteiger partial charge < -0.3 is 15.5 Å². The van der Waals surface area contributed by atoms with Gasteiger partial charge in [-0.25, -0.2) is 0 Å². The third kappa shape index (κ3) is 5.71. The molecule has 1 atom stereocenters. The van der Waals surface area contributed by atoms with Crippen LogP contribution in [0.15, 0.2) is 54.9 Å². The molecule has 0 fully saturated rings. The Bertz CT molecular complexity index is 588. The maximum Gasteiger partial charge on any atom is 0.239 e. The molecule has 1 heterocycles. The minimum absolute atomic E-state index is 0.0137. The normalized spacial score (nSPS) is 11.7. The Balaban J connectivity index is 2.03. The van der Waals surface area contributed by atoms with E-state index in [1.54, 1.807) is 6.20 Å². The van der Waals surface area contributed by atoms with E-state index in [4.69, 9.17) is 0 Å². The zero-order valence-electron chi connectivity index (χ0n) is 13.7. The van der Waals surface area contributed by atoms with E-state index in [0.717, 1.165) is 11.3 Å². The van der Waals surface area contributed by atoms with Gasteiger partial charge in [-0.3, -0.25) is 9.78 Å². The van der Waals surface area contributed by atoms with E-state index in [0.29, 0.717) is 19.6 Å². The van der Waals surface area contributed by atoms with Gasteiger partial charge in [0.2, 0.25) is 5.91 Å². The van der Waals surface area contributed by atoms with E-state index in [2.05, 4.69) is 20.5 Å². The number of benzene rings is 1. The molecule has 2 rings (SSSR count). The lowest BCUT2D eigenvalue weighted by molar-refractivity contribution is -0.119. The van der Waals surface area contributed by atoms with Gasteiger partial charge in [0.05, 0.1) is 6.54 Å². The fourth-order valence-electron chi connectivity index (χ4n) is 2.19. The third-order valence-corrected chi connectivity index (χ3v) is 3.65. The van der Waals surface area contributed by atoms with Gasteiger partial charge in [0, 0.05) is 37.2 Å². The van der Waals surface area contributed by atoms with Gasteiger partial charge in [0.25, 0.3) is 0 Å². The maximum absolute atomic E-state index is 12.2. The first kappa shape index (κ1) is 17.0. The Morgan fingerprint density at radius 2 is 2.00 bits per heavy atom. The molecule has 0 spiro atoms. The smallest absolute Gasteiger partial charge is 0.239 e. The summed E-state index contributed by atoms with van der Waals surface area (Å²) < 4.78 is 0. The number of nitrogens with zero attached hydrogens (tertiary/aromatic N) is 2. The second-order valence-corrected chi connectivity index (χ2v) is 5.55. The lowest BCUT2D eigenvalue weighted by Gasteiger charge is -2.24. The average Bonchev–Trinajstić information content (AvgIpc) is 2.60. The molecule has 0 bridgehead atoms. The predicted molar refractivity (Wildman–Crippen MR) is 93.3 cm³/mol. The lowest BCUT2D eigenvalue weighted by Crippen LogP contribution is -2.42. The van der Waals surface area contributed by atoms with Gasteiger partial charge in [-0.15, -0.1) is 0 Å². The molecule has 2 N–H and O–H groups in total. The van der Waals surface area contributed by atoms with Gasteiger partial charge in [0.15, 0.2) is 0 Å². The zero-order chi connectivity index (χ0) is 16.5. The third-order valence-electron chi connectivity index (χ3n) is 3.65. The summed E-state index contributed by atoms with van der Waals surface area (Å²) in [5, 5.41) is 6.07. The van der Waals surface area contributed by atoms with Crippen molar-refractivity contribution in [3.63, 3.8) is 0 Å². The molecule has 122 valence electrons. The van der Waals surface area contributed by atoms with Gasteiger partial charge in [-0.05, 0) is 37.7 Å². The lowest BCUT2D eigenvalue weighted by atomic mass is 10.2. The van der Waals surface area contributed by atoms with E-state index in [1.807, 2.05) is 62.6 Å².